The topological polar surface area (TPSA) is 29.5 Å². The first-order chi connectivity index (χ1) is 8.63. The van der Waals surface area contributed by atoms with Crippen molar-refractivity contribution >= 4 is 29.1 Å². The van der Waals surface area contributed by atoms with Gasteiger partial charge >= 0.3 is 0 Å². The van der Waals surface area contributed by atoms with Crippen LogP contribution in [0.25, 0.3) is 0 Å². The molecule has 1 aromatic carbocycles. The first kappa shape index (κ1) is 13.6. The molecule has 1 amide bonds. The number of carbonyl (C=O) groups excluding carboxylic acids is 1. The van der Waals surface area contributed by atoms with Crippen LogP contribution in [0.5, 0.6) is 0 Å². The molecule has 0 N–H and O–H groups in total. The lowest BCUT2D eigenvalue weighted by Gasteiger charge is -2.32. The van der Waals surface area contributed by atoms with Crippen molar-refractivity contribution in [1.29, 1.82) is 0 Å². The lowest BCUT2D eigenvalue weighted by atomic mass is 10.1. The summed E-state index contributed by atoms with van der Waals surface area (Å²) in [4.78, 5) is 13.7. The normalized spacial score (nSPS) is 19.9. The Morgan fingerprint density at radius 2 is 2.33 bits per heavy atom. The highest BCUT2D eigenvalue weighted by Gasteiger charge is 2.26. The fourth-order valence-corrected chi connectivity index (χ4v) is 2.20. The van der Waals surface area contributed by atoms with Crippen molar-refractivity contribution < 1.29 is 13.9 Å². The number of ether oxygens (including phenoxy) is 1. The van der Waals surface area contributed by atoms with Crippen LogP contribution >= 0.6 is 23.2 Å². The molecule has 1 aliphatic heterocycles. The van der Waals surface area contributed by atoms with Gasteiger partial charge in [0.25, 0.3) is 5.91 Å². The molecule has 0 bridgehead atoms. The van der Waals surface area contributed by atoms with Gasteiger partial charge in [-0.05, 0) is 12.1 Å². The SMILES string of the molecule is O=C(c1cccc(Cl)c1F)N1CCOC(CCl)C1. The third-order valence-electron chi connectivity index (χ3n) is 2.78. The second kappa shape index (κ2) is 5.87. The number of hydrogen-bond acceptors (Lipinski definition) is 2. The second-order valence-corrected chi connectivity index (χ2v) is 4.72. The van der Waals surface area contributed by atoms with Crippen molar-refractivity contribution in [3.05, 3.63) is 34.6 Å². The second-order valence-electron chi connectivity index (χ2n) is 4.00. The molecule has 1 heterocycles. The van der Waals surface area contributed by atoms with E-state index in [1.54, 1.807) is 6.07 Å². The van der Waals surface area contributed by atoms with Gasteiger partial charge in [-0.2, -0.15) is 0 Å². The van der Waals surface area contributed by atoms with Gasteiger partial charge < -0.3 is 9.64 Å². The van der Waals surface area contributed by atoms with E-state index < -0.39 is 5.82 Å². The molecule has 98 valence electrons. The van der Waals surface area contributed by atoms with Crippen LogP contribution in [0.2, 0.25) is 5.02 Å². The van der Waals surface area contributed by atoms with E-state index >= 15 is 0 Å². The van der Waals surface area contributed by atoms with Gasteiger partial charge in [0, 0.05) is 13.1 Å². The number of morpholine rings is 1. The third kappa shape index (κ3) is 2.76. The van der Waals surface area contributed by atoms with Gasteiger partial charge in [0.05, 0.1) is 29.2 Å². The maximum Gasteiger partial charge on any atom is 0.257 e. The monoisotopic (exact) mass is 291 g/mol. The lowest BCUT2D eigenvalue weighted by molar-refractivity contribution is -0.0109. The zero-order valence-corrected chi connectivity index (χ0v) is 11.0. The quantitative estimate of drug-likeness (QED) is 0.784. The summed E-state index contributed by atoms with van der Waals surface area (Å²) in [6.07, 6.45) is -0.202. The number of amides is 1. The smallest absolute Gasteiger partial charge is 0.257 e. The Balaban J connectivity index is 2.18. The summed E-state index contributed by atoms with van der Waals surface area (Å²) in [5, 5.41) is -0.0528. The summed E-state index contributed by atoms with van der Waals surface area (Å²) >= 11 is 11.4. The van der Waals surface area contributed by atoms with Crippen molar-refractivity contribution in [2.45, 2.75) is 6.10 Å². The summed E-state index contributed by atoms with van der Waals surface area (Å²) in [7, 11) is 0. The number of benzene rings is 1. The van der Waals surface area contributed by atoms with E-state index in [9.17, 15) is 9.18 Å². The molecule has 3 nitrogen and oxygen atoms in total. The minimum atomic E-state index is -0.682. The van der Waals surface area contributed by atoms with Crippen LogP contribution < -0.4 is 0 Å². The number of alkyl halides is 1. The standard InChI is InChI=1S/C12H12Cl2FNO2/c13-6-8-7-16(4-5-18-8)12(17)9-2-1-3-10(14)11(9)15/h1-3,8H,4-7H2. The molecule has 0 aliphatic carbocycles. The summed E-state index contributed by atoms with van der Waals surface area (Å²) in [5.74, 6) is -0.756. The van der Waals surface area contributed by atoms with Crippen molar-refractivity contribution in [2.24, 2.45) is 0 Å². The number of rotatable bonds is 2. The van der Waals surface area contributed by atoms with Gasteiger partial charge in [0.2, 0.25) is 0 Å². The Morgan fingerprint density at radius 1 is 1.56 bits per heavy atom. The van der Waals surface area contributed by atoms with Crippen LogP contribution in [0, 0.1) is 5.82 Å². The molecule has 18 heavy (non-hydrogen) atoms. The van der Waals surface area contributed by atoms with Crippen LogP contribution in [-0.4, -0.2) is 42.5 Å². The highest BCUT2D eigenvalue weighted by atomic mass is 35.5. The van der Waals surface area contributed by atoms with Crippen LogP contribution in [-0.2, 0) is 4.74 Å². The Morgan fingerprint density at radius 3 is 3.06 bits per heavy atom. The van der Waals surface area contributed by atoms with Gasteiger partial charge in [-0.1, -0.05) is 17.7 Å². The van der Waals surface area contributed by atoms with Crippen molar-refractivity contribution in [1.82, 2.24) is 4.90 Å². The number of nitrogens with zero attached hydrogens (tertiary/aromatic N) is 1. The Bertz CT molecular complexity index is 456. The minimum Gasteiger partial charge on any atom is -0.373 e. The van der Waals surface area contributed by atoms with E-state index in [0.29, 0.717) is 25.6 Å². The van der Waals surface area contributed by atoms with Crippen molar-refractivity contribution in [3.8, 4) is 0 Å². The van der Waals surface area contributed by atoms with Gasteiger partial charge in [-0.25, -0.2) is 4.39 Å². The van der Waals surface area contributed by atoms with Crippen molar-refractivity contribution in [3.63, 3.8) is 0 Å². The number of hydrogen-bond donors (Lipinski definition) is 0. The molecule has 0 saturated carbocycles. The maximum atomic E-state index is 13.7. The van der Waals surface area contributed by atoms with Crippen molar-refractivity contribution in [2.75, 3.05) is 25.6 Å². The molecule has 6 heteroatoms. The molecule has 2 rings (SSSR count). The minimum absolute atomic E-state index is 0.0160. The fourth-order valence-electron chi connectivity index (χ4n) is 1.84. The fraction of sp³-hybridized carbons (Fsp3) is 0.417. The molecule has 1 saturated heterocycles. The van der Waals surface area contributed by atoms with Crippen LogP contribution in [0.15, 0.2) is 18.2 Å². The van der Waals surface area contributed by atoms with Crippen LogP contribution in [0.4, 0.5) is 4.39 Å². The predicted molar refractivity (Wildman–Crippen MR) is 67.8 cm³/mol. The molecule has 1 unspecified atom stereocenters. The Hall–Kier alpha value is -0.840. The van der Waals surface area contributed by atoms with Gasteiger partial charge in [-0.15, -0.1) is 11.6 Å². The molecule has 0 spiro atoms. The first-order valence-corrected chi connectivity index (χ1v) is 6.45. The summed E-state index contributed by atoms with van der Waals surface area (Å²) in [6, 6.07) is 4.39. The Kier molecular flexibility index (Phi) is 4.43. The van der Waals surface area contributed by atoms with Gasteiger partial charge in [0.15, 0.2) is 5.82 Å². The number of halogens is 3. The molecular weight excluding hydrogens is 280 g/mol. The van der Waals surface area contributed by atoms with Crippen LogP contribution in [0.3, 0.4) is 0 Å². The molecular formula is C12H12Cl2FNO2. The molecule has 1 aliphatic rings. The van der Waals surface area contributed by atoms with E-state index in [1.165, 1.54) is 17.0 Å². The van der Waals surface area contributed by atoms with Crippen LogP contribution in [0.1, 0.15) is 10.4 Å². The van der Waals surface area contributed by atoms with E-state index in [0.717, 1.165) is 0 Å². The van der Waals surface area contributed by atoms with E-state index in [-0.39, 0.29) is 22.6 Å². The maximum absolute atomic E-state index is 13.7. The molecule has 1 aromatic rings. The van der Waals surface area contributed by atoms with E-state index in [1.807, 2.05) is 0 Å². The lowest BCUT2D eigenvalue weighted by Crippen LogP contribution is -2.46. The highest BCUT2D eigenvalue weighted by Crippen LogP contribution is 2.20. The highest BCUT2D eigenvalue weighted by molar-refractivity contribution is 6.31. The Labute approximate surface area is 114 Å². The zero-order chi connectivity index (χ0) is 13.1. The molecule has 1 atom stereocenters. The predicted octanol–water partition coefficient (Wildman–Crippen LogP) is 2.56. The molecule has 0 aromatic heterocycles. The van der Waals surface area contributed by atoms with E-state index in [2.05, 4.69) is 0 Å². The van der Waals surface area contributed by atoms with Gasteiger partial charge in [-0.3, -0.25) is 4.79 Å². The zero-order valence-electron chi connectivity index (χ0n) is 9.54. The average Bonchev–Trinajstić information content (AvgIpc) is 2.41. The summed E-state index contributed by atoms with van der Waals surface area (Å²) in [5.41, 5.74) is -0.0160. The largest absolute Gasteiger partial charge is 0.373 e. The summed E-state index contributed by atoms with van der Waals surface area (Å²) < 4.78 is 19.1. The number of carbonyl (C=O) groups is 1. The van der Waals surface area contributed by atoms with E-state index in [4.69, 9.17) is 27.9 Å². The molecule has 0 radical (unpaired) electrons. The molecule has 1 fully saturated rings. The third-order valence-corrected chi connectivity index (χ3v) is 3.42. The van der Waals surface area contributed by atoms with Gasteiger partial charge in [0.1, 0.15) is 0 Å². The average molecular weight is 292 g/mol. The first-order valence-electron chi connectivity index (χ1n) is 5.54. The summed E-state index contributed by atoms with van der Waals surface area (Å²) in [6.45, 7) is 1.21.